The van der Waals surface area contributed by atoms with Gasteiger partial charge in [0.1, 0.15) is 0 Å². The molecule has 1 heterocycles. The van der Waals surface area contributed by atoms with E-state index in [1.807, 2.05) is 0 Å². The molecule has 1 fully saturated rings. The van der Waals surface area contributed by atoms with Crippen molar-refractivity contribution in [2.75, 3.05) is 0 Å². The Morgan fingerprint density at radius 1 is 1.05 bits per heavy atom. The Labute approximate surface area is 131 Å². The zero-order valence-corrected chi connectivity index (χ0v) is 14.5. The zero-order valence-electron chi connectivity index (χ0n) is 14.5. The molecule has 3 atom stereocenters. The number of rotatable bonds is 6. The Morgan fingerprint density at radius 2 is 1.67 bits per heavy atom. The normalized spacial score (nSPS) is 28.2. The highest BCUT2D eigenvalue weighted by molar-refractivity contribution is 5.24. The molecule has 0 bridgehead atoms. The van der Waals surface area contributed by atoms with E-state index in [0.29, 0.717) is 11.6 Å². The number of nitrogens with one attached hydrogen (secondary N) is 1. The van der Waals surface area contributed by atoms with E-state index in [9.17, 15) is 0 Å². The van der Waals surface area contributed by atoms with Gasteiger partial charge in [-0.05, 0) is 42.6 Å². The van der Waals surface area contributed by atoms with Gasteiger partial charge < -0.3 is 5.32 Å². The van der Waals surface area contributed by atoms with E-state index in [1.165, 1.54) is 31.2 Å². The first kappa shape index (κ1) is 16.5. The molecule has 0 aliphatic carbocycles. The molecule has 1 aromatic rings. The molecule has 1 aliphatic rings. The Hall–Kier alpha value is -0.820. The first-order valence-electron chi connectivity index (χ1n) is 8.90. The van der Waals surface area contributed by atoms with Gasteiger partial charge in [0.05, 0.1) is 0 Å². The van der Waals surface area contributed by atoms with Crippen LogP contribution in [0.2, 0.25) is 0 Å². The van der Waals surface area contributed by atoms with E-state index >= 15 is 0 Å². The van der Waals surface area contributed by atoms with E-state index in [4.69, 9.17) is 0 Å². The summed E-state index contributed by atoms with van der Waals surface area (Å²) >= 11 is 0. The highest BCUT2D eigenvalue weighted by Gasteiger charge is 2.50. The lowest BCUT2D eigenvalue weighted by atomic mass is 9.70. The van der Waals surface area contributed by atoms with Crippen LogP contribution in [-0.2, 0) is 0 Å². The van der Waals surface area contributed by atoms with E-state index in [2.05, 4.69) is 70.3 Å². The molecule has 1 aromatic carbocycles. The summed E-state index contributed by atoms with van der Waals surface area (Å²) in [5, 5.41) is 4.08. The topological polar surface area (TPSA) is 12.0 Å². The Balaban J connectivity index is 2.36. The third kappa shape index (κ3) is 3.18. The van der Waals surface area contributed by atoms with Crippen molar-refractivity contribution in [3.05, 3.63) is 35.9 Å². The summed E-state index contributed by atoms with van der Waals surface area (Å²) in [6.07, 6.45) is 5.09. The van der Waals surface area contributed by atoms with Gasteiger partial charge in [-0.2, -0.15) is 0 Å². The van der Waals surface area contributed by atoms with Gasteiger partial charge in [-0.25, -0.2) is 0 Å². The molecule has 0 saturated carbocycles. The minimum atomic E-state index is 0.325. The Morgan fingerprint density at radius 3 is 2.14 bits per heavy atom. The van der Waals surface area contributed by atoms with Gasteiger partial charge in [0.25, 0.3) is 0 Å². The summed E-state index contributed by atoms with van der Waals surface area (Å²) in [5.74, 6) is 2.33. The van der Waals surface area contributed by atoms with Gasteiger partial charge in [-0.1, -0.05) is 71.4 Å². The minimum Gasteiger partial charge on any atom is -0.304 e. The first-order valence-corrected chi connectivity index (χ1v) is 8.90. The zero-order chi connectivity index (χ0) is 15.5. The summed E-state index contributed by atoms with van der Waals surface area (Å²) in [7, 11) is 0. The molecule has 1 N–H and O–H groups in total. The van der Waals surface area contributed by atoms with Crippen LogP contribution in [0.25, 0.3) is 0 Å². The Kier molecular flexibility index (Phi) is 5.48. The van der Waals surface area contributed by atoms with Crippen LogP contribution in [0, 0.1) is 17.8 Å². The molecule has 1 saturated heterocycles. The van der Waals surface area contributed by atoms with Crippen molar-refractivity contribution in [2.45, 2.75) is 71.9 Å². The van der Waals surface area contributed by atoms with Crippen molar-refractivity contribution < 1.29 is 0 Å². The van der Waals surface area contributed by atoms with Crippen LogP contribution in [-0.4, -0.2) is 5.54 Å². The molecule has 1 unspecified atom stereocenters. The maximum Gasteiger partial charge on any atom is 0.0356 e. The Bertz CT molecular complexity index is 419. The lowest BCUT2D eigenvalue weighted by Gasteiger charge is -2.36. The van der Waals surface area contributed by atoms with Crippen LogP contribution in [0.3, 0.4) is 0 Å². The maximum atomic E-state index is 4.08. The van der Waals surface area contributed by atoms with Gasteiger partial charge in [0.15, 0.2) is 0 Å². The van der Waals surface area contributed by atoms with Crippen LogP contribution in [0.5, 0.6) is 0 Å². The number of benzene rings is 1. The van der Waals surface area contributed by atoms with Gasteiger partial charge in [-0.3, -0.25) is 0 Å². The fourth-order valence-corrected chi connectivity index (χ4v) is 4.56. The summed E-state index contributed by atoms with van der Waals surface area (Å²) < 4.78 is 0. The fourth-order valence-electron chi connectivity index (χ4n) is 4.56. The summed E-state index contributed by atoms with van der Waals surface area (Å²) in [6, 6.07) is 11.6. The highest BCUT2D eigenvalue weighted by atomic mass is 15.1. The largest absolute Gasteiger partial charge is 0.304 e. The molecule has 2 rings (SSSR count). The lowest BCUT2D eigenvalue weighted by molar-refractivity contribution is 0.190. The molecule has 1 aliphatic heterocycles. The molecule has 0 amide bonds. The van der Waals surface area contributed by atoms with Crippen molar-refractivity contribution in [3.8, 4) is 0 Å². The second-order valence-electron chi connectivity index (χ2n) is 7.20. The predicted molar refractivity (Wildman–Crippen MR) is 92.4 cm³/mol. The van der Waals surface area contributed by atoms with E-state index in [0.717, 1.165) is 17.8 Å². The fraction of sp³-hybridized carbons (Fsp3) is 0.700. The quantitative estimate of drug-likeness (QED) is 0.720. The predicted octanol–water partition coefficient (Wildman–Crippen LogP) is 5.58. The van der Waals surface area contributed by atoms with Crippen molar-refractivity contribution in [1.29, 1.82) is 0 Å². The van der Waals surface area contributed by atoms with Gasteiger partial charge in [0, 0.05) is 11.6 Å². The monoisotopic (exact) mass is 287 g/mol. The van der Waals surface area contributed by atoms with E-state index in [-0.39, 0.29) is 0 Å². The van der Waals surface area contributed by atoms with Gasteiger partial charge in [0.2, 0.25) is 0 Å². The van der Waals surface area contributed by atoms with Gasteiger partial charge in [-0.15, -0.1) is 0 Å². The summed E-state index contributed by atoms with van der Waals surface area (Å²) in [4.78, 5) is 0. The minimum absolute atomic E-state index is 0.325. The third-order valence-electron chi connectivity index (χ3n) is 5.71. The van der Waals surface area contributed by atoms with Crippen LogP contribution in [0.15, 0.2) is 30.3 Å². The molecule has 1 heteroatoms. The van der Waals surface area contributed by atoms with Crippen molar-refractivity contribution >= 4 is 0 Å². The van der Waals surface area contributed by atoms with Crippen molar-refractivity contribution in [1.82, 2.24) is 5.32 Å². The molecule has 21 heavy (non-hydrogen) atoms. The highest BCUT2D eigenvalue weighted by Crippen LogP contribution is 2.49. The smallest absolute Gasteiger partial charge is 0.0356 e. The van der Waals surface area contributed by atoms with Crippen LogP contribution in [0.4, 0.5) is 0 Å². The van der Waals surface area contributed by atoms with Crippen molar-refractivity contribution in [2.24, 2.45) is 17.8 Å². The maximum absolute atomic E-state index is 4.08. The standard InChI is InChI=1S/C20H33N/c1-6-17-18(14-15(4)5)20(7-2,8-3)21-19(17)16-12-10-9-11-13-16/h9-13,15,17-19,21H,6-8,14H2,1-5H3/t17?,18-,19+/m0/s1. The summed E-state index contributed by atoms with van der Waals surface area (Å²) in [6.45, 7) is 11.8. The average Bonchev–Trinajstić information content (AvgIpc) is 2.81. The lowest BCUT2D eigenvalue weighted by Crippen LogP contribution is -2.44. The molecular formula is C20H33N. The molecule has 118 valence electrons. The van der Waals surface area contributed by atoms with E-state index < -0.39 is 0 Å². The van der Waals surface area contributed by atoms with E-state index in [1.54, 1.807) is 0 Å². The molecular weight excluding hydrogens is 254 g/mol. The molecule has 0 aromatic heterocycles. The molecule has 1 nitrogen and oxygen atoms in total. The molecule has 0 radical (unpaired) electrons. The number of hydrogen-bond donors (Lipinski definition) is 1. The molecule has 0 spiro atoms. The SMILES string of the molecule is CCC1[C@@H](c2ccccc2)NC(CC)(CC)[C@H]1CC(C)C. The van der Waals surface area contributed by atoms with Gasteiger partial charge >= 0.3 is 0 Å². The van der Waals surface area contributed by atoms with Crippen molar-refractivity contribution in [3.63, 3.8) is 0 Å². The van der Waals surface area contributed by atoms with Crippen LogP contribution < -0.4 is 5.32 Å². The first-order chi connectivity index (χ1) is 10.1. The van der Waals surface area contributed by atoms with Crippen LogP contribution in [0.1, 0.15) is 71.9 Å². The number of hydrogen-bond acceptors (Lipinski definition) is 1. The second-order valence-corrected chi connectivity index (χ2v) is 7.20. The summed E-state index contributed by atoms with van der Waals surface area (Å²) in [5.41, 5.74) is 1.80. The average molecular weight is 287 g/mol. The second kappa shape index (κ2) is 6.96. The van der Waals surface area contributed by atoms with Crippen LogP contribution >= 0.6 is 0 Å². The third-order valence-corrected chi connectivity index (χ3v) is 5.71.